The van der Waals surface area contributed by atoms with Crippen LogP contribution in [0.3, 0.4) is 0 Å². The molecule has 2 aromatic rings. The van der Waals surface area contributed by atoms with Crippen molar-refractivity contribution in [2.45, 2.75) is 13.5 Å². The van der Waals surface area contributed by atoms with E-state index in [1.165, 1.54) is 11.3 Å². The Labute approximate surface area is 96.9 Å². The highest BCUT2D eigenvalue weighted by molar-refractivity contribution is 7.14. The number of thiophene rings is 1. The van der Waals surface area contributed by atoms with E-state index in [0.29, 0.717) is 11.4 Å². The van der Waals surface area contributed by atoms with Gasteiger partial charge in [0.1, 0.15) is 0 Å². The highest BCUT2D eigenvalue weighted by Gasteiger charge is 2.08. The molecule has 3 N–H and O–H groups in total. The molecule has 0 saturated heterocycles. The van der Waals surface area contributed by atoms with Gasteiger partial charge in [-0.15, -0.1) is 11.3 Å². The Balaban J connectivity index is 2.14. The molecular formula is C10H12N4OS. The number of rotatable bonds is 3. The first-order valence-electron chi connectivity index (χ1n) is 4.79. The van der Waals surface area contributed by atoms with E-state index in [1.807, 2.05) is 23.7 Å². The second-order valence-electron chi connectivity index (χ2n) is 3.37. The van der Waals surface area contributed by atoms with Crippen LogP contribution in [0.1, 0.15) is 20.2 Å². The predicted molar refractivity (Wildman–Crippen MR) is 62.0 cm³/mol. The SMILES string of the molecule is Cc1ccnn1Cc1ccc(C(=O)NN)s1. The van der Waals surface area contributed by atoms with Crippen LogP contribution in [-0.2, 0) is 6.54 Å². The van der Waals surface area contributed by atoms with Crippen molar-refractivity contribution in [3.05, 3.63) is 39.8 Å². The van der Waals surface area contributed by atoms with E-state index in [1.54, 1.807) is 12.3 Å². The maximum atomic E-state index is 11.2. The van der Waals surface area contributed by atoms with Crippen molar-refractivity contribution in [3.63, 3.8) is 0 Å². The van der Waals surface area contributed by atoms with Gasteiger partial charge in [0.05, 0.1) is 11.4 Å². The third-order valence-electron chi connectivity index (χ3n) is 2.25. The van der Waals surface area contributed by atoms with Gasteiger partial charge in [0.15, 0.2) is 0 Å². The van der Waals surface area contributed by atoms with Crippen molar-refractivity contribution in [1.29, 1.82) is 0 Å². The molecule has 16 heavy (non-hydrogen) atoms. The zero-order valence-corrected chi connectivity index (χ0v) is 9.62. The molecule has 5 nitrogen and oxygen atoms in total. The molecule has 84 valence electrons. The van der Waals surface area contributed by atoms with E-state index >= 15 is 0 Å². The third-order valence-corrected chi connectivity index (χ3v) is 3.32. The Hall–Kier alpha value is -1.66. The number of carbonyl (C=O) groups excluding carboxylic acids is 1. The minimum Gasteiger partial charge on any atom is -0.289 e. The van der Waals surface area contributed by atoms with E-state index in [2.05, 4.69) is 10.5 Å². The summed E-state index contributed by atoms with van der Waals surface area (Å²) in [6.45, 7) is 2.68. The number of carbonyl (C=O) groups is 1. The Morgan fingerprint density at radius 3 is 3.00 bits per heavy atom. The summed E-state index contributed by atoms with van der Waals surface area (Å²) in [5, 5.41) is 4.18. The van der Waals surface area contributed by atoms with Crippen molar-refractivity contribution >= 4 is 17.2 Å². The van der Waals surface area contributed by atoms with Gasteiger partial charge in [-0.1, -0.05) is 0 Å². The van der Waals surface area contributed by atoms with Crippen LogP contribution in [0.4, 0.5) is 0 Å². The highest BCUT2D eigenvalue weighted by atomic mass is 32.1. The van der Waals surface area contributed by atoms with Crippen LogP contribution in [0.2, 0.25) is 0 Å². The average Bonchev–Trinajstić information content (AvgIpc) is 2.89. The van der Waals surface area contributed by atoms with E-state index in [4.69, 9.17) is 5.84 Å². The molecule has 0 fully saturated rings. The number of hydrogen-bond acceptors (Lipinski definition) is 4. The second kappa shape index (κ2) is 4.46. The molecule has 0 aliphatic rings. The molecule has 2 heterocycles. The zero-order valence-electron chi connectivity index (χ0n) is 8.80. The quantitative estimate of drug-likeness (QED) is 0.472. The van der Waals surface area contributed by atoms with Gasteiger partial charge in [-0.3, -0.25) is 14.9 Å². The van der Waals surface area contributed by atoms with Crippen LogP contribution in [0.5, 0.6) is 0 Å². The molecule has 2 rings (SSSR count). The molecule has 0 aliphatic carbocycles. The van der Waals surface area contributed by atoms with E-state index < -0.39 is 0 Å². The Kier molecular flexibility index (Phi) is 3.02. The first kappa shape index (κ1) is 10.8. The molecule has 0 unspecified atom stereocenters. The minimum atomic E-state index is -0.256. The van der Waals surface area contributed by atoms with Crippen LogP contribution in [-0.4, -0.2) is 15.7 Å². The van der Waals surface area contributed by atoms with Gasteiger partial charge in [-0.2, -0.15) is 5.10 Å². The average molecular weight is 236 g/mol. The van der Waals surface area contributed by atoms with Crippen LogP contribution < -0.4 is 11.3 Å². The normalized spacial score (nSPS) is 10.4. The van der Waals surface area contributed by atoms with Gasteiger partial charge in [0, 0.05) is 16.8 Å². The minimum absolute atomic E-state index is 0.256. The van der Waals surface area contributed by atoms with Crippen molar-refractivity contribution in [1.82, 2.24) is 15.2 Å². The van der Waals surface area contributed by atoms with E-state index in [9.17, 15) is 4.79 Å². The molecule has 2 aromatic heterocycles. The van der Waals surface area contributed by atoms with E-state index in [0.717, 1.165) is 10.6 Å². The topological polar surface area (TPSA) is 72.9 Å². The number of hydrazine groups is 1. The lowest BCUT2D eigenvalue weighted by molar-refractivity contribution is 0.0957. The molecule has 6 heteroatoms. The predicted octanol–water partition coefficient (Wildman–Crippen LogP) is 0.905. The Morgan fingerprint density at radius 2 is 2.38 bits per heavy atom. The summed E-state index contributed by atoms with van der Waals surface area (Å²) < 4.78 is 1.88. The molecule has 0 aromatic carbocycles. The van der Waals surface area contributed by atoms with Crippen molar-refractivity contribution in [2.75, 3.05) is 0 Å². The number of nitrogens with zero attached hydrogens (tertiary/aromatic N) is 2. The standard InChI is InChI=1S/C10H12N4OS/c1-7-4-5-12-14(7)6-8-2-3-9(16-8)10(15)13-11/h2-5H,6,11H2,1H3,(H,13,15). The summed E-state index contributed by atoms with van der Waals surface area (Å²) in [5.41, 5.74) is 3.21. The van der Waals surface area contributed by atoms with Gasteiger partial charge in [0.2, 0.25) is 0 Å². The molecule has 0 saturated carbocycles. The number of nitrogens with one attached hydrogen (secondary N) is 1. The lowest BCUT2D eigenvalue weighted by Gasteiger charge is -2.00. The Bertz CT molecular complexity index is 502. The summed E-state index contributed by atoms with van der Waals surface area (Å²) >= 11 is 1.42. The number of aryl methyl sites for hydroxylation is 1. The number of hydrogen-bond donors (Lipinski definition) is 2. The third kappa shape index (κ3) is 2.12. The largest absolute Gasteiger partial charge is 0.289 e. The van der Waals surface area contributed by atoms with Gasteiger partial charge in [-0.05, 0) is 25.1 Å². The first-order valence-corrected chi connectivity index (χ1v) is 5.60. The van der Waals surface area contributed by atoms with Crippen LogP contribution in [0, 0.1) is 6.92 Å². The summed E-state index contributed by atoms with van der Waals surface area (Å²) in [6, 6.07) is 5.62. The fourth-order valence-electron chi connectivity index (χ4n) is 1.37. The van der Waals surface area contributed by atoms with Gasteiger partial charge in [0.25, 0.3) is 5.91 Å². The maximum absolute atomic E-state index is 11.2. The summed E-state index contributed by atoms with van der Waals surface area (Å²) in [5.74, 6) is 4.81. The summed E-state index contributed by atoms with van der Waals surface area (Å²) in [6.07, 6.45) is 1.76. The number of nitrogen functional groups attached to an aromatic ring is 1. The summed E-state index contributed by atoms with van der Waals surface area (Å²) in [7, 11) is 0. The monoisotopic (exact) mass is 236 g/mol. The summed E-state index contributed by atoms with van der Waals surface area (Å²) in [4.78, 5) is 12.9. The van der Waals surface area contributed by atoms with Crippen molar-refractivity contribution in [2.24, 2.45) is 5.84 Å². The fourth-order valence-corrected chi connectivity index (χ4v) is 2.26. The van der Waals surface area contributed by atoms with Gasteiger partial charge >= 0.3 is 0 Å². The first-order chi connectivity index (χ1) is 7.70. The van der Waals surface area contributed by atoms with Crippen molar-refractivity contribution < 1.29 is 4.79 Å². The molecule has 1 amide bonds. The maximum Gasteiger partial charge on any atom is 0.275 e. The lowest BCUT2D eigenvalue weighted by atomic mass is 10.4. The Morgan fingerprint density at radius 1 is 1.56 bits per heavy atom. The fraction of sp³-hybridized carbons (Fsp3) is 0.200. The van der Waals surface area contributed by atoms with E-state index in [-0.39, 0.29) is 5.91 Å². The highest BCUT2D eigenvalue weighted by Crippen LogP contribution is 2.17. The molecular weight excluding hydrogens is 224 g/mol. The van der Waals surface area contributed by atoms with Gasteiger partial charge in [-0.25, -0.2) is 5.84 Å². The number of amides is 1. The zero-order chi connectivity index (χ0) is 11.5. The molecule has 0 radical (unpaired) electrons. The molecule has 0 aliphatic heterocycles. The van der Waals surface area contributed by atoms with Crippen LogP contribution in [0.15, 0.2) is 24.4 Å². The molecule has 0 bridgehead atoms. The van der Waals surface area contributed by atoms with Crippen molar-refractivity contribution in [3.8, 4) is 0 Å². The molecule has 0 spiro atoms. The number of nitrogens with two attached hydrogens (primary N) is 1. The van der Waals surface area contributed by atoms with Gasteiger partial charge < -0.3 is 0 Å². The molecule has 0 atom stereocenters. The lowest BCUT2D eigenvalue weighted by Crippen LogP contribution is -2.29. The second-order valence-corrected chi connectivity index (χ2v) is 4.54. The van der Waals surface area contributed by atoms with Crippen LogP contribution >= 0.6 is 11.3 Å². The smallest absolute Gasteiger partial charge is 0.275 e. The number of aromatic nitrogens is 2. The van der Waals surface area contributed by atoms with Crippen LogP contribution in [0.25, 0.3) is 0 Å².